The van der Waals surface area contributed by atoms with E-state index in [4.69, 9.17) is 0 Å². The van der Waals surface area contributed by atoms with Gasteiger partial charge in [-0.15, -0.1) is 0 Å². The Hall–Kier alpha value is -2.43. The first-order valence-electron chi connectivity index (χ1n) is 9.81. The van der Waals surface area contributed by atoms with Crippen LogP contribution in [-0.2, 0) is 0 Å². The standard InChI is InChI=1S/C26H24P/c1-4-13-22(14-5-1)27(23-15-6-2-7-16-23,24-17-8-3-9-18-24)26-19-11-10-12-21-20-25(21)26/h1-19,21,25-26H,20H2/q+1. The minimum absolute atomic E-state index is 0.546. The molecule has 0 spiro atoms. The summed E-state index contributed by atoms with van der Waals surface area (Å²) in [5.74, 6) is 1.48. The van der Waals surface area contributed by atoms with Crippen molar-refractivity contribution in [1.29, 1.82) is 0 Å². The van der Waals surface area contributed by atoms with E-state index >= 15 is 0 Å². The van der Waals surface area contributed by atoms with E-state index in [0.29, 0.717) is 5.66 Å². The summed E-state index contributed by atoms with van der Waals surface area (Å²) in [4.78, 5) is 0. The molecule has 3 unspecified atom stereocenters. The molecule has 5 rings (SSSR count). The van der Waals surface area contributed by atoms with E-state index in [0.717, 1.165) is 11.8 Å². The third kappa shape index (κ3) is 2.80. The van der Waals surface area contributed by atoms with Crippen molar-refractivity contribution < 1.29 is 0 Å². The fourth-order valence-corrected chi connectivity index (χ4v) is 9.88. The molecule has 0 N–H and O–H groups in total. The summed E-state index contributed by atoms with van der Waals surface area (Å²) < 4.78 is 0. The van der Waals surface area contributed by atoms with Crippen LogP contribution < -0.4 is 15.9 Å². The van der Waals surface area contributed by atoms with Crippen LogP contribution in [0.4, 0.5) is 0 Å². The first kappa shape index (κ1) is 16.7. The van der Waals surface area contributed by atoms with Crippen molar-refractivity contribution in [3.05, 3.63) is 115 Å². The highest BCUT2D eigenvalue weighted by Gasteiger charge is 2.59. The van der Waals surface area contributed by atoms with Crippen molar-refractivity contribution in [2.75, 3.05) is 0 Å². The van der Waals surface area contributed by atoms with Crippen LogP contribution in [-0.4, -0.2) is 5.66 Å². The molecule has 132 valence electrons. The van der Waals surface area contributed by atoms with Gasteiger partial charge in [-0.1, -0.05) is 72.8 Å². The lowest BCUT2D eigenvalue weighted by Crippen LogP contribution is -2.39. The Morgan fingerprint density at radius 3 is 1.48 bits per heavy atom. The fraction of sp³-hybridized carbons (Fsp3) is 0.154. The van der Waals surface area contributed by atoms with Crippen LogP contribution in [0.25, 0.3) is 0 Å². The normalized spacial score (nSPS) is 23.5. The second-order valence-electron chi connectivity index (χ2n) is 7.55. The van der Waals surface area contributed by atoms with Crippen molar-refractivity contribution in [3.63, 3.8) is 0 Å². The van der Waals surface area contributed by atoms with Crippen molar-refractivity contribution in [3.8, 4) is 0 Å². The fourth-order valence-electron chi connectivity index (χ4n) is 4.75. The molecule has 0 nitrogen and oxygen atoms in total. The summed E-state index contributed by atoms with van der Waals surface area (Å²) in [5, 5.41) is 4.47. The van der Waals surface area contributed by atoms with E-state index in [2.05, 4.69) is 115 Å². The minimum Gasteiger partial charge on any atom is -0.0810 e. The zero-order valence-corrected chi connectivity index (χ0v) is 16.3. The van der Waals surface area contributed by atoms with E-state index in [1.165, 1.54) is 22.3 Å². The van der Waals surface area contributed by atoms with Crippen molar-refractivity contribution in [2.45, 2.75) is 12.1 Å². The first-order chi connectivity index (χ1) is 13.4. The Kier molecular flexibility index (Phi) is 4.30. The number of benzene rings is 3. The third-order valence-electron chi connectivity index (χ3n) is 6.05. The van der Waals surface area contributed by atoms with Crippen molar-refractivity contribution in [1.82, 2.24) is 0 Å². The summed E-state index contributed by atoms with van der Waals surface area (Å²) in [6.45, 7) is 0. The summed E-state index contributed by atoms with van der Waals surface area (Å²) in [6.07, 6.45) is 10.8. The summed E-state index contributed by atoms with van der Waals surface area (Å²) in [7, 11) is -1.80. The molecule has 2 aliphatic rings. The average Bonchev–Trinajstić information content (AvgIpc) is 3.53. The van der Waals surface area contributed by atoms with Gasteiger partial charge in [0.05, 0.1) is 0 Å². The SMILES string of the molecule is C1=CC2CC2C([P+](c2ccccc2)(c2ccccc2)c2ccccc2)C=C1. The van der Waals surface area contributed by atoms with Gasteiger partial charge in [0.1, 0.15) is 28.8 Å². The van der Waals surface area contributed by atoms with E-state index in [-0.39, 0.29) is 0 Å². The molecule has 1 heteroatoms. The van der Waals surface area contributed by atoms with Crippen molar-refractivity contribution in [2.24, 2.45) is 11.8 Å². The Bertz CT molecular complexity index is 860. The Morgan fingerprint density at radius 1 is 0.556 bits per heavy atom. The van der Waals surface area contributed by atoms with Gasteiger partial charge in [0, 0.05) is 5.92 Å². The van der Waals surface area contributed by atoms with Gasteiger partial charge in [0.2, 0.25) is 0 Å². The topological polar surface area (TPSA) is 0 Å². The first-order valence-corrected chi connectivity index (χ1v) is 11.7. The third-order valence-corrected chi connectivity index (χ3v) is 10.8. The Morgan fingerprint density at radius 2 is 1.00 bits per heavy atom. The minimum atomic E-state index is -1.80. The highest BCUT2D eigenvalue weighted by molar-refractivity contribution is 7.96. The second kappa shape index (κ2) is 6.95. The van der Waals surface area contributed by atoms with Gasteiger partial charge in [0.25, 0.3) is 0 Å². The summed E-state index contributed by atoms with van der Waals surface area (Å²) in [5.41, 5.74) is 0.546. The molecular weight excluding hydrogens is 343 g/mol. The van der Waals surface area contributed by atoms with Gasteiger partial charge in [-0.3, -0.25) is 0 Å². The van der Waals surface area contributed by atoms with Crippen LogP contribution >= 0.6 is 7.26 Å². The second-order valence-corrected chi connectivity index (χ2v) is 11.1. The Balaban J connectivity index is 1.83. The molecule has 0 aliphatic heterocycles. The van der Waals surface area contributed by atoms with Crippen LogP contribution in [0.15, 0.2) is 115 Å². The van der Waals surface area contributed by atoms with Crippen LogP contribution in [0.1, 0.15) is 6.42 Å². The predicted octanol–water partition coefficient (Wildman–Crippen LogP) is 5.11. The van der Waals surface area contributed by atoms with E-state index in [1.807, 2.05) is 0 Å². The number of hydrogen-bond donors (Lipinski definition) is 0. The Labute approximate surface area is 162 Å². The summed E-state index contributed by atoms with van der Waals surface area (Å²) in [6, 6.07) is 33.8. The molecule has 1 saturated carbocycles. The van der Waals surface area contributed by atoms with Crippen LogP contribution in [0, 0.1) is 11.8 Å². The molecule has 0 saturated heterocycles. The van der Waals surface area contributed by atoms with E-state index < -0.39 is 7.26 Å². The largest absolute Gasteiger partial charge is 0.119 e. The van der Waals surface area contributed by atoms with E-state index in [9.17, 15) is 0 Å². The molecule has 2 aliphatic carbocycles. The lowest BCUT2D eigenvalue weighted by Gasteiger charge is -2.33. The quantitative estimate of drug-likeness (QED) is 0.562. The molecule has 3 atom stereocenters. The molecule has 27 heavy (non-hydrogen) atoms. The number of rotatable bonds is 4. The zero-order chi connectivity index (χ0) is 18.1. The van der Waals surface area contributed by atoms with Gasteiger partial charge in [-0.25, -0.2) is 0 Å². The molecule has 0 bridgehead atoms. The maximum Gasteiger partial charge on any atom is 0.119 e. The van der Waals surface area contributed by atoms with Gasteiger partial charge in [0.15, 0.2) is 0 Å². The van der Waals surface area contributed by atoms with Crippen LogP contribution in [0.3, 0.4) is 0 Å². The van der Waals surface area contributed by atoms with Gasteiger partial charge < -0.3 is 0 Å². The van der Waals surface area contributed by atoms with Gasteiger partial charge in [-0.05, 0) is 54.8 Å². The maximum atomic E-state index is 2.51. The maximum absolute atomic E-state index is 2.51. The lowest BCUT2D eigenvalue weighted by atomic mass is 10.2. The smallest absolute Gasteiger partial charge is 0.0810 e. The van der Waals surface area contributed by atoms with Gasteiger partial charge in [-0.2, -0.15) is 0 Å². The van der Waals surface area contributed by atoms with Gasteiger partial charge >= 0.3 is 0 Å². The predicted molar refractivity (Wildman–Crippen MR) is 119 cm³/mol. The van der Waals surface area contributed by atoms with Crippen LogP contribution in [0.2, 0.25) is 0 Å². The molecule has 1 fully saturated rings. The van der Waals surface area contributed by atoms with Crippen molar-refractivity contribution >= 4 is 23.2 Å². The van der Waals surface area contributed by atoms with E-state index in [1.54, 1.807) is 0 Å². The monoisotopic (exact) mass is 367 g/mol. The summed E-state index contributed by atoms with van der Waals surface area (Å²) >= 11 is 0. The molecule has 3 aromatic rings. The lowest BCUT2D eigenvalue weighted by molar-refractivity contribution is 0.820. The van der Waals surface area contributed by atoms with Crippen LogP contribution in [0.5, 0.6) is 0 Å². The number of fused-ring (bicyclic) bond motifs is 1. The molecule has 0 aromatic heterocycles. The molecule has 0 heterocycles. The zero-order valence-electron chi connectivity index (χ0n) is 15.4. The highest BCUT2D eigenvalue weighted by Crippen LogP contribution is 2.67. The molecular formula is C26H24P+. The molecule has 0 radical (unpaired) electrons. The highest BCUT2D eigenvalue weighted by atomic mass is 31.2. The number of allylic oxidation sites excluding steroid dienone is 4. The number of hydrogen-bond acceptors (Lipinski definition) is 0. The molecule has 3 aromatic carbocycles. The average molecular weight is 367 g/mol. The molecule has 0 amide bonds.